The highest BCUT2D eigenvalue weighted by atomic mass is 16.5. The third-order valence-electron chi connectivity index (χ3n) is 1.70. The Morgan fingerprint density at radius 3 is 3.00 bits per heavy atom. The number of hydrogen-bond acceptors (Lipinski definition) is 3. The molecule has 0 amide bonds. The van der Waals surface area contributed by atoms with Crippen molar-refractivity contribution in [1.82, 2.24) is 10.3 Å². The Balaban J connectivity index is 2.53. The molecule has 3 heteroatoms. The van der Waals surface area contributed by atoms with Crippen molar-refractivity contribution in [3.63, 3.8) is 0 Å². The van der Waals surface area contributed by atoms with E-state index in [1.54, 1.807) is 6.20 Å². The van der Waals surface area contributed by atoms with Gasteiger partial charge in [-0.3, -0.25) is 0 Å². The first-order valence-corrected chi connectivity index (χ1v) is 4.46. The average Bonchev–Trinajstić information content (AvgIpc) is 2.04. The average molecular weight is 180 g/mol. The van der Waals surface area contributed by atoms with Crippen molar-refractivity contribution in [3.05, 3.63) is 23.9 Å². The molecule has 0 bridgehead atoms. The standard InChI is InChI=1S/C10H16N2O/c1-8-4-5-12-10(6-8)13-9(2)7-11-3/h4-6,9,11H,7H2,1-3H3/t9-/m0/s1. The van der Waals surface area contributed by atoms with Gasteiger partial charge in [0.15, 0.2) is 0 Å². The summed E-state index contributed by atoms with van der Waals surface area (Å²) in [7, 11) is 1.91. The van der Waals surface area contributed by atoms with Gasteiger partial charge < -0.3 is 10.1 Å². The molecule has 13 heavy (non-hydrogen) atoms. The Hall–Kier alpha value is -1.09. The molecule has 0 aliphatic heterocycles. The number of likely N-dealkylation sites (N-methyl/N-ethyl adjacent to an activating group) is 1. The summed E-state index contributed by atoms with van der Waals surface area (Å²) in [5.74, 6) is 0.697. The summed E-state index contributed by atoms with van der Waals surface area (Å²) < 4.78 is 5.56. The minimum Gasteiger partial charge on any atom is -0.473 e. The minimum absolute atomic E-state index is 0.152. The van der Waals surface area contributed by atoms with E-state index in [-0.39, 0.29) is 6.10 Å². The molecule has 1 N–H and O–H groups in total. The van der Waals surface area contributed by atoms with Crippen LogP contribution in [0.15, 0.2) is 18.3 Å². The Morgan fingerprint density at radius 2 is 2.38 bits per heavy atom. The predicted molar refractivity (Wildman–Crippen MR) is 53.0 cm³/mol. The van der Waals surface area contributed by atoms with Crippen LogP contribution in [0.3, 0.4) is 0 Å². The molecular formula is C10H16N2O. The smallest absolute Gasteiger partial charge is 0.213 e. The van der Waals surface area contributed by atoms with Crippen molar-refractivity contribution in [1.29, 1.82) is 0 Å². The number of aromatic nitrogens is 1. The van der Waals surface area contributed by atoms with E-state index in [4.69, 9.17) is 4.74 Å². The molecule has 1 heterocycles. The normalized spacial score (nSPS) is 12.5. The van der Waals surface area contributed by atoms with Crippen LogP contribution >= 0.6 is 0 Å². The Kier molecular flexibility index (Phi) is 3.71. The van der Waals surface area contributed by atoms with Gasteiger partial charge >= 0.3 is 0 Å². The van der Waals surface area contributed by atoms with Crippen LogP contribution in [-0.2, 0) is 0 Å². The van der Waals surface area contributed by atoms with Crippen LogP contribution < -0.4 is 10.1 Å². The van der Waals surface area contributed by atoms with E-state index in [9.17, 15) is 0 Å². The Bertz CT molecular complexity index is 263. The molecule has 0 spiro atoms. The van der Waals surface area contributed by atoms with Crippen LogP contribution in [0.4, 0.5) is 0 Å². The molecule has 0 aliphatic rings. The first-order valence-electron chi connectivity index (χ1n) is 4.46. The van der Waals surface area contributed by atoms with Gasteiger partial charge in [0.2, 0.25) is 5.88 Å². The van der Waals surface area contributed by atoms with Crippen LogP contribution in [0.1, 0.15) is 12.5 Å². The monoisotopic (exact) mass is 180 g/mol. The fourth-order valence-corrected chi connectivity index (χ4v) is 1.11. The second-order valence-electron chi connectivity index (χ2n) is 3.16. The molecular weight excluding hydrogens is 164 g/mol. The summed E-state index contributed by atoms with van der Waals surface area (Å²) in [6.07, 6.45) is 1.91. The minimum atomic E-state index is 0.152. The zero-order valence-corrected chi connectivity index (χ0v) is 8.37. The summed E-state index contributed by atoms with van der Waals surface area (Å²) in [5.41, 5.74) is 1.17. The number of hydrogen-bond donors (Lipinski definition) is 1. The van der Waals surface area contributed by atoms with Crippen molar-refractivity contribution >= 4 is 0 Å². The van der Waals surface area contributed by atoms with Gasteiger partial charge in [-0.25, -0.2) is 4.98 Å². The summed E-state index contributed by atoms with van der Waals surface area (Å²) in [5, 5.41) is 3.05. The van der Waals surface area contributed by atoms with Gasteiger partial charge in [0.25, 0.3) is 0 Å². The van der Waals surface area contributed by atoms with E-state index in [0.29, 0.717) is 5.88 Å². The van der Waals surface area contributed by atoms with Gasteiger partial charge in [-0.1, -0.05) is 0 Å². The zero-order valence-electron chi connectivity index (χ0n) is 8.37. The van der Waals surface area contributed by atoms with Gasteiger partial charge in [-0.15, -0.1) is 0 Å². The fraction of sp³-hybridized carbons (Fsp3) is 0.500. The molecule has 1 aromatic rings. The maximum Gasteiger partial charge on any atom is 0.213 e. The van der Waals surface area contributed by atoms with Crippen LogP contribution in [-0.4, -0.2) is 24.7 Å². The van der Waals surface area contributed by atoms with E-state index in [1.165, 1.54) is 5.56 Å². The van der Waals surface area contributed by atoms with Gasteiger partial charge in [0.1, 0.15) is 6.10 Å². The number of aryl methyl sites for hydroxylation is 1. The fourth-order valence-electron chi connectivity index (χ4n) is 1.11. The predicted octanol–water partition coefficient (Wildman–Crippen LogP) is 1.38. The third-order valence-corrected chi connectivity index (χ3v) is 1.70. The second-order valence-corrected chi connectivity index (χ2v) is 3.16. The molecule has 0 aromatic carbocycles. The molecule has 1 atom stereocenters. The van der Waals surface area contributed by atoms with Gasteiger partial charge in [-0.05, 0) is 32.5 Å². The van der Waals surface area contributed by atoms with E-state index in [1.807, 2.05) is 33.0 Å². The Morgan fingerprint density at radius 1 is 1.62 bits per heavy atom. The summed E-state index contributed by atoms with van der Waals surface area (Å²) in [6, 6.07) is 3.89. The number of nitrogens with one attached hydrogen (secondary N) is 1. The molecule has 0 saturated heterocycles. The number of nitrogens with zero attached hydrogens (tertiary/aromatic N) is 1. The lowest BCUT2D eigenvalue weighted by atomic mass is 10.3. The van der Waals surface area contributed by atoms with Crippen molar-refractivity contribution in [2.75, 3.05) is 13.6 Å². The van der Waals surface area contributed by atoms with E-state index in [2.05, 4.69) is 10.3 Å². The van der Waals surface area contributed by atoms with Gasteiger partial charge in [-0.2, -0.15) is 0 Å². The number of rotatable bonds is 4. The molecule has 0 radical (unpaired) electrons. The van der Waals surface area contributed by atoms with Crippen molar-refractivity contribution in [3.8, 4) is 5.88 Å². The molecule has 1 rings (SSSR count). The summed E-state index contributed by atoms with van der Waals surface area (Å²) >= 11 is 0. The lowest BCUT2D eigenvalue weighted by Gasteiger charge is -2.12. The highest BCUT2D eigenvalue weighted by molar-refractivity contribution is 5.18. The molecule has 0 saturated carbocycles. The third kappa shape index (κ3) is 3.42. The number of pyridine rings is 1. The number of ether oxygens (including phenoxy) is 1. The lowest BCUT2D eigenvalue weighted by Crippen LogP contribution is -2.26. The lowest BCUT2D eigenvalue weighted by molar-refractivity contribution is 0.212. The highest BCUT2D eigenvalue weighted by Gasteiger charge is 2.02. The highest BCUT2D eigenvalue weighted by Crippen LogP contribution is 2.09. The van der Waals surface area contributed by atoms with Crippen LogP contribution in [0.25, 0.3) is 0 Å². The quantitative estimate of drug-likeness (QED) is 0.760. The van der Waals surface area contributed by atoms with Crippen molar-refractivity contribution in [2.45, 2.75) is 20.0 Å². The first kappa shape index (κ1) is 9.99. The molecule has 3 nitrogen and oxygen atoms in total. The molecule has 1 aromatic heterocycles. The maximum atomic E-state index is 5.56. The molecule has 72 valence electrons. The topological polar surface area (TPSA) is 34.1 Å². The summed E-state index contributed by atoms with van der Waals surface area (Å²) in [6.45, 7) is 4.87. The molecule has 0 unspecified atom stereocenters. The van der Waals surface area contributed by atoms with E-state index >= 15 is 0 Å². The molecule has 0 fully saturated rings. The van der Waals surface area contributed by atoms with Crippen LogP contribution in [0.2, 0.25) is 0 Å². The van der Waals surface area contributed by atoms with Crippen molar-refractivity contribution < 1.29 is 4.74 Å². The van der Waals surface area contributed by atoms with E-state index in [0.717, 1.165) is 6.54 Å². The van der Waals surface area contributed by atoms with Crippen molar-refractivity contribution in [2.24, 2.45) is 0 Å². The SMILES string of the molecule is CNC[C@H](C)Oc1cc(C)ccn1. The Labute approximate surface area is 79.1 Å². The zero-order chi connectivity index (χ0) is 9.68. The van der Waals surface area contributed by atoms with Crippen LogP contribution in [0.5, 0.6) is 5.88 Å². The first-order chi connectivity index (χ1) is 6.22. The van der Waals surface area contributed by atoms with Gasteiger partial charge in [0, 0.05) is 18.8 Å². The van der Waals surface area contributed by atoms with Crippen LogP contribution in [0, 0.1) is 6.92 Å². The maximum absolute atomic E-state index is 5.56. The molecule has 0 aliphatic carbocycles. The second kappa shape index (κ2) is 4.82. The van der Waals surface area contributed by atoms with Gasteiger partial charge in [0.05, 0.1) is 0 Å². The largest absolute Gasteiger partial charge is 0.473 e. The summed E-state index contributed by atoms with van der Waals surface area (Å²) in [4.78, 5) is 4.11. The van der Waals surface area contributed by atoms with E-state index < -0.39 is 0 Å².